The predicted molar refractivity (Wildman–Crippen MR) is 208 cm³/mol. The molecule has 0 spiro atoms. The molecule has 2 amide bonds. The fourth-order valence-corrected chi connectivity index (χ4v) is 7.31. The second-order valence-electron chi connectivity index (χ2n) is 16.1. The minimum atomic E-state index is -1.01. The van der Waals surface area contributed by atoms with Gasteiger partial charge in [0.15, 0.2) is 5.96 Å². The second kappa shape index (κ2) is 18.3. The van der Waals surface area contributed by atoms with Crippen LogP contribution in [0.1, 0.15) is 116 Å². The Hall–Kier alpha value is -3.95. The molecule has 5 rings (SSSR count). The van der Waals surface area contributed by atoms with Gasteiger partial charge in [-0.15, -0.1) is 0 Å². The topological polar surface area (TPSA) is 175 Å². The van der Waals surface area contributed by atoms with E-state index in [1.165, 1.54) is 0 Å². The van der Waals surface area contributed by atoms with E-state index in [9.17, 15) is 14.7 Å². The molecule has 14 nitrogen and oxygen atoms in total. The zero-order valence-electron chi connectivity index (χ0n) is 33.5. The molecule has 0 fully saturated rings. The number of aliphatic hydroxyl groups is 1. The van der Waals surface area contributed by atoms with Gasteiger partial charge in [0.25, 0.3) is 0 Å². The normalized spacial score (nSPS) is 22.0. The quantitative estimate of drug-likeness (QED) is 0.119. The molecule has 0 saturated heterocycles. The number of ether oxygens (including phenoxy) is 6. The number of nitrogens with two attached hydrogens (primary N) is 1. The van der Waals surface area contributed by atoms with Crippen molar-refractivity contribution in [3.8, 4) is 11.5 Å². The van der Waals surface area contributed by atoms with Gasteiger partial charge in [0.05, 0.1) is 57.6 Å². The summed E-state index contributed by atoms with van der Waals surface area (Å²) in [6, 6.07) is 12.8. The molecule has 0 aliphatic carbocycles. The summed E-state index contributed by atoms with van der Waals surface area (Å²) >= 11 is 0. The smallest absolute Gasteiger partial charge is 0.407 e. The molecule has 14 heteroatoms. The third-order valence-corrected chi connectivity index (χ3v) is 10.2. The zero-order valence-corrected chi connectivity index (χ0v) is 33.5. The van der Waals surface area contributed by atoms with E-state index >= 15 is 0 Å². The van der Waals surface area contributed by atoms with Crippen molar-refractivity contribution in [1.82, 2.24) is 15.5 Å². The van der Waals surface area contributed by atoms with Crippen molar-refractivity contribution in [3.05, 3.63) is 59.2 Å². The lowest BCUT2D eigenvalue weighted by Gasteiger charge is -2.43. The van der Waals surface area contributed by atoms with Gasteiger partial charge < -0.3 is 44.6 Å². The number of amides is 2. The molecule has 2 aromatic carbocycles. The van der Waals surface area contributed by atoms with Crippen molar-refractivity contribution in [1.29, 1.82) is 0 Å². The third kappa shape index (κ3) is 11.3. The molecule has 0 radical (unpaired) electrons. The first kappa shape index (κ1) is 42.2. The molecule has 2 aromatic rings. The Morgan fingerprint density at radius 2 is 1.71 bits per heavy atom. The molecule has 4 atom stereocenters. The van der Waals surface area contributed by atoms with E-state index < -0.39 is 35.1 Å². The van der Waals surface area contributed by atoms with Crippen LogP contribution in [-0.4, -0.2) is 97.0 Å². The number of rotatable bonds is 17. The summed E-state index contributed by atoms with van der Waals surface area (Å²) in [7, 11) is 0. The van der Waals surface area contributed by atoms with Crippen molar-refractivity contribution in [2.24, 2.45) is 10.7 Å². The minimum absolute atomic E-state index is 0.0879. The Kier molecular flexibility index (Phi) is 14.1. The second-order valence-corrected chi connectivity index (χ2v) is 16.1. The maximum absolute atomic E-state index is 13.9. The molecular formula is C41H61N5O9. The van der Waals surface area contributed by atoms with Gasteiger partial charge in [-0.1, -0.05) is 38.1 Å². The molecule has 1 unspecified atom stereocenters. The van der Waals surface area contributed by atoms with Crippen molar-refractivity contribution in [2.75, 3.05) is 46.2 Å². The summed E-state index contributed by atoms with van der Waals surface area (Å²) in [5.41, 5.74) is 7.51. The van der Waals surface area contributed by atoms with Gasteiger partial charge in [0.1, 0.15) is 35.0 Å². The summed E-state index contributed by atoms with van der Waals surface area (Å²) in [4.78, 5) is 32.1. The van der Waals surface area contributed by atoms with E-state index in [4.69, 9.17) is 39.1 Å². The van der Waals surface area contributed by atoms with Crippen LogP contribution in [0.5, 0.6) is 11.5 Å². The first-order valence-corrected chi connectivity index (χ1v) is 19.5. The van der Waals surface area contributed by atoms with Crippen LogP contribution in [0.3, 0.4) is 0 Å². The standard InChI is InChI=1S/C41H61N5O9/c1-8-41(9-2)25-35(47)46(37(42)45-41)32-23-28(26-52-21-20-51-19-18-50-17-16-43-38(49)55-39(3,4)5)53-33-15-14-27(22-30(32)33)36(48)44-31-24-40(6,7)54-34-13-11-10-12-29(31)34/h10-15,22,28,31-32,36,44,48H,8-9,16-21,23-26H2,1-7H3,(H2,42,45)(H,43,49)/t28-,31-,32+,36?/m0/s1. The molecule has 3 heterocycles. The van der Waals surface area contributed by atoms with Gasteiger partial charge in [0, 0.05) is 36.6 Å². The van der Waals surface area contributed by atoms with E-state index in [1.54, 1.807) is 4.90 Å². The highest BCUT2D eigenvalue weighted by molar-refractivity contribution is 5.99. The fraction of sp³-hybridized carbons (Fsp3) is 0.634. The number of carbonyl (C=O) groups is 2. The molecule has 304 valence electrons. The van der Waals surface area contributed by atoms with Crippen LogP contribution in [0, 0.1) is 0 Å². The van der Waals surface area contributed by atoms with Crippen LogP contribution in [0.4, 0.5) is 4.79 Å². The molecule has 3 aliphatic rings. The highest BCUT2D eigenvalue weighted by Crippen LogP contribution is 2.44. The van der Waals surface area contributed by atoms with Crippen LogP contribution >= 0.6 is 0 Å². The molecule has 5 N–H and O–H groups in total. The Balaban J connectivity index is 1.20. The van der Waals surface area contributed by atoms with Gasteiger partial charge in [-0.2, -0.15) is 0 Å². The van der Waals surface area contributed by atoms with Crippen molar-refractivity contribution in [3.63, 3.8) is 0 Å². The van der Waals surface area contributed by atoms with Gasteiger partial charge >= 0.3 is 6.09 Å². The number of fused-ring (bicyclic) bond motifs is 2. The number of aliphatic hydroxyl groups excluding tert-OH is 1. The van der Waals surface area contributed by atoms with E-state index in [1.807, 2.05) is 90.9 Å². The van der Waals surface area contributed by atoms with E-state index in [0.717, 1.165) is 16.9 Å². The number of para-hydroxylation sites is 1. The number of carbonyl (C=O) groups excluding carboxylic acids is 2. The fourth-order valence-electron chi connectivity index (χ4n) is 7.31. The van der Waals surface area contributed by atoms with E-state index in [2.05, 4.69) is 10.6 Å². The number of benzene rings is 2. The Morgan fingerprint density at radius 1 is 1.02 bits per heavy atom. The van der Waals surface area contributed by atoms with Crippen molar-refractivity contribution >= 4 is 18.0 Å². The number of guanidine groups is 1. The summed E-state index contributed by atoms with van der Waals surface area (Å²) in [6.07, 6.45) is 0.898. The lowest BCUT2D eigenvalue weighted by molar-refractivity contribution is -0.132. The van der Waals surface area contributed by atoms with Crippen molar-refractivity contribution in [2.45, 2.75) is 122 Å². The molecular weight excluding hydrogens is 706 g/mol. The predicted octanol–water partition coefficient (Wildman–Crippen LogP) is 5.44. The average Bonchev–Trinajstić information content (AvgIpc) is 3.12. The van der Waals surface area contributed by atoms with Gasteiger partial charge in [-0.3, -0.25) is 15.0 Å². The number of hydrogen-bond donors (Lipinski definition) is 4. The Bertz CT molecular complexity index is 1640. The highest BCUT2D eigenvalue weighted by atomic mass is 16.6. The lowest BCUT2D eigenvalue weighted by atomic mass is 9.86. The number of nitrogens with one attached hydrogen (secondary N) is 2. The monoisotopic (exact) mass is 767 g/mol. The van der Waals surface area contributed by atoms with Crippen LogP contribution in [-0.2, 0) is 23.7 Å². The zero-order chi connectivity index (χ0) is 39.8. The molecule has 55 heavy (non-hydrogen) atoms. The van der Waals surface area contributed by atoms with Gasteiger partial charge in [0.2, 0.25) is 5.91 Å². The number of aliphatic imine (C=N–C) groups is 1. The van der Waals surface area contributed by atoms with Crippen LogP contribution in [0.2, 0.25) is 0 Å². The molecule has 3 aliphatic heterocycles. The van der Waals surface area contributed by atoms with Crippen molar-refractivity contribution < 1.29 is 43.1 Å². The van der Waals surface area contributed by atoms with Crippen LogP contribution in [0.25, 0.3) is 0 Å². The highest BCUT2D eigenvalue weighted by Gasteiger charge is 2.43. The number of alkyl carbamates (subject to hydrolysis) is 1. The summed E-state index contributed by atoms with van der Waals surface area (Å²) in [5, 5.41) is 17.7. The molecule has 0 aromatic heterocycles. The Labute approximate surface area is 325 Å². The maximum Gasteiger partial charge on any atom is 0.407 e. The van der Waals surface area contributed by atoms with E-state index in [0.29, 0.717) is 76.6 Å². The Morgan fingerprint density at radius 3 is 2.40 bits per heavy atom. The number of nitrogens with zero attached hydrogens (tertiary/aromatic N) is 2. The summed E-state index contributed by atoms with van der Waals surface area (Å²) in [5.74, 6) is 1.50. The summed E-state index contributed by atoms with van der Waals surface area (Å²) in [6.45, 7) is 16.0. The largest absolute Gasteiger partial charge is 0.488 e. The van der Waals surface area contributed by atoms with E-state index in [-0.39, 0.29) is 37.0 Å². The maximum atomic E-state index is 13.9. The first-order valence-electron chi connectivity index (χ1n) is 19.5. The minimum Gasteiger partial charge on any atom is -0.488 e. The van der Waals surface area contributed by atoms with Crippen LogP contribution in [0.15, 0.2) is 47.5 Å². The molecule has 0 bridgehead atoms. The number of hydrogen-bond acceptors (Lipinski definition) is 12. The molecule has 0 saturated carbocycles. The SMILES string of the molecule is CCC1(CC)CC(=O)N([C@@H]2C[C@@H](COCCOCCOCCNC(=O)OC(C)(C)C)Oc3ccc(C(O)N[C@H]4CC(C)(C)Oc5ccccc54)cc32)C(N)=N1. The lowest BCUT2D eigenvalue weighted by Crippen LogP contribution is -2.54. The van der Waals surface area contributed by atoms with Crippen LogP contribution < -0.4 is 25.8 Å². The first-order chi connectivity index (χ1) is 26.1. The van der Waals surface area contributed by atoms with Gasteiger partial charge in [-0.05, 0) is 71.2 Å². The average molecular weight is 768 g/mol. The van der Waals surface area contributed by atoms with Gasteiger partial charge in [-0.25, -0.2) is 9.79 Å². The third-order valence-electron chi connectivity index (χ3n) is 10.2. The summed E-state index contributed by atoms with van der Waals surface area (Å²) < 4.78 is 35.0.